The highest BCUT2D eigenvalue weighted by Crippen LogP contribution is 2.24. The number of amides is 1. The summed E-state index contributed by atoms with van der Waals surface area (Å²) in [6.07, 6.45) is 9.28. The molecular formula is C25H34N4O. The van der Waals surface area contributed by atoms with E-state index < -0.39 is 0 Å². The number of benzene rings is 1. The molecule has 2 saturated heterocycles. The van der Waals surface area contributed by atoms with Gasteiger partial charge in [-0.1, -0.05) is 36.4 Å². The predicted molar refractivity (Wildman–Crippen MR) is 120 cm³/mol. The second kappa shape index (κ2) is 10.7. The highest BCUT2D eigenvalue weighted by Gasteiger charge is 2.31. The van der Waals surface area contributed by atoms with Gasteiger partial charge in [0.05, 0.1) is 5.92 Å². The van der Waals surface area contributed by atoms with E-state index in [1.807, 2.05) is 18.3 Å². The van der Waals surface area contributed by atoms with Crippen molar-refractivity contribution in [3.05, 3.63) is 66.0 Å². The van der Waals surface area contributed by atoms with Gasteiger partial charge in [0.15, 0.2) is 0 Å². The average molecular weight is 407 g/mol. The molecule has 0 aliphatic carbocycles. The van der Waals surface area contributed by atoms with Crippen molar-refractivity contribution in [2.75, 3.05) is 32.7 Å². The van der Waals surface area contributed by atoms with Crippen molar-refractivity contribution in [3.8, 4) is 0 Å². The molecule has 0 radical (unpaired) electrons. The lowest BCUT2D eigenvalue weighted by Crippen LogP contribution is -2.50. The number of hydrogen-bond acceptors (Lipinski definition) is 4. The van der Waals surface area contributed by atoms with Crippen molar-refractivity contribution in [2.45, 2.75) is 44.7 Å². The average Bonchev–Trinajstić information content (AvgIpc) is 2.83. The number of hydrogen-bond donors (Lipinski definition) is 1. The fourth-order valence-electron chi connectivity index (χ4n) is 4.83. The SMILES string of the molecule is O=C(NCc1cccnc1)[C@H]1CCCN(C2CCN(CCc3ccccc3)CC2)C1. The summed E-state index contributed by atoms with van der Waals surface area (Å²) in [5.74, 6) is 0.315. The summed E-state index contributed by atoms with van der Waals surface area (Å²) in [5.41, 5.74) is 2.48. The molecule has 1 N–H and O–H groups in total. The third kappa shape index (κ3) is 5.89. The van der Waals surface area contributed by atoms with E-state index in [9.17, 15) is 4.79 Å². The van der Waals surface area contributed by atoms with Crippen LogP contribution in [0.2, 0.25) is 0 Å². The number of aromatic nitrogens is 1. The highest BCUT2D eigenvalue weighted by atomic mass is 16.1. The minimum Gasteiger partial charge on any atom is -0.352 e. The quantitative estimate of drug-likeness (QED) is 0.768. The van der Waals surface area contributed by atoms with E-state index in [2.05, 4.69) is 50.4 Å². The third-order valence-corrected chi connectivity index (χ3v) is 6.65. The zero-order valence-corrected chi connectivity index (χ0v) is 17.9. The Balaban J connectivity index is 1.20. The van der Waals surface area contributed by atoms with Gasteiger partial charge in [0.1, 0.15) is 0 Å². The van der Waals surface area contributed by atoms with Gasteiger partial charge in [0, 0.05) is 38.1 Å². The van der Waals surface area contributed by atoms with Gasteiger partial charge in [0.2, 0.25) is 5.91 Å². The number of carbonyl (C=O) groups excluding carboxylic acids is 1. The second-order valence-electron chi connectivity index (χ2n) is 8.72. The van der Waals surface area contributed by atoms with Crippen LogP contribution in [0.15, 0.2) is 54.9 Å². The fourth-order valence-corrected chi connectivity index (χ4v) is 4.83. The molecule has 1 atom stereocenters. The zero-order valence-electron chi connectivity index (χ0n) is 17.9. The molecule has 30 heavy (non-hydrogen) atoms. The maximum Gasteiger partial charge on any atom is 0.224 e. The van der Waals surface area contributed by atoms with E-state index in [1.165, 1.54) is 31.5 Å². The predicted octanol–water partition coefficient (Wildman–Crippen LogP) is 3.12. The molecule has 5 nitrogen and oxygen atoms in total. The van der Waals surface area contributed by atoms with E-state index in [0.717, 1.165) is 44.5 Å². The Bertz CT molecular complexity index is 774. The molecule has 160 valence electrons. The molecule has 1 aromatic heterocycles. The first-order valence-corrected chi connectivity index (χ1v) is 11.4. The summed E-state index contributed by atoms with van der Waals surface area (Å²) in [5, 5.41) is 3.12. The van der Waals surface area contributed by atoms with Gasteiger partial charge < -0.3 is 10.2 Å². The molecule has 3 heterocycles. The molecule has 0 unspecified atom stereocenters. The van der Waals surface area contributed by atoms with Gasteiger partial charge in [-0.15, -0.1) is 0 Å². The summed E-state index contributed by atoms with van der Waals surface area (Å²) < 4.78 is 0. The lowest BCUT2D eigenvalue weighted by molar-refractivity contribution is -0.127. The number of piperidine rings is 2. The van der Waals surface area contributed by atoms with E-state index in [-0.39, 0.29) is 11.8 Å². The Labute approximate surface area is 180 Å². The van der Waals surface area contributed by atoms with Crippen LogP contribution >= 0.6 is 0 Å². The van der Waals surface area contributed by atoms with Crippen LogP contribution in [0.25, 0.3) is 0 Å². The summed E-state index contributed by atoms with van der Waals surface area (Å²) in [6.45, 7) is 6.12. The smallest absolute Gasteiger partial charge is 0.224 e. The molecule has 1 amide bonds. The van der Waals surface area contributed by atoms with Crippen molar-refractivity contribution < 1.29 is 4.79 Å². The Hall–Kier alpha value is -2.24. The molecular weight excluding hydrogens is 372 g/mol. The Morgan fingerprint density at radius 1 is 1.00 bits per heavy atom. The normalized spacial score (nSPS) is 21.4. The van der Waals surface area contributed by atoms with Crippen LogP contribution in [0.1, 0.15) is 36.8 Å². The largest absolute Gasteiger partial charge is 0.352 e. The number of nitrogens with one attached hydrogen (secondary N) is 1. The van der Waals surface area contributed by atoms with Crippen molar-refractivity contribution in [3.63, 3.8) is 0 Å². The van der Waals surface area contributed by atoms with E-state index >= 15 is 0 Å². The molecule has 0 spiro atoms. The maximum absolute atomic E-state index is 12.7. The van der Waals surface area contributed by atoms with Gasteiger partial charge in [-0.2, -0.15) is 0 Å². The van der Waals surface area contributed by atoms with E-state index in [0.29, 0.717) is 12.6 Å². The zero-order chi connectivity index (χ0) is 20.6. The van der Waals surface area contributed by atoms with E-state index in [4.69, 9.17) is 0 Å². The number of likely N-dealkylation sites (tertiary alicyclic amines) is 2. The molecule has 0 bridgehead atoms. The first kappa shape index (κ1) is 21.0. The summed E-state index contributed by atoms with van der Waals surface area (Å²) in [4.78, 5) is 22.0. The van der Waals surface area contributed by atoms with Gasteiger partial charge in [-0.3, -0.25) is 14.7 Å². The standard InChI is InChI=1S/C25H34N4O/c30-25(27-19-22-8-4-13-26-18-22)23-9-5-14-29(20-23)24-11-16-28(17-12-24)15-10-21-6-2-1-3-7-21/h1-4,6-8,13,18,23-24H,5,9-12,14-17,19-20H2,(H,27,30)/t23-/m0/s1. The lowest BCUT2D eigenvalue weighted by Gasteiger charge is -2.42. The molecule has 2 aliphatic rings. The van der Waals surface area contributed by atoms with Crippen LogP contribution in [0, 0.1) is 5.92 Å². The minimum atomic E-state index is 0.117. The van der Waals surface area contributed by atoms with Gasteiger partial charge in [0.25, 0.3) is 0 Å². The monoisotopic (exact) mass is 406 g/mol. The summed E-state index contributed by atoms with van der Waals surface area (Å²) in [6, 6.07) is 15.3. The van der Waals surface area contributed by atoms with Crippen LogP contribution in [0.5, 0.6) is 0 Å². The van der Waals surface area contributed by atoms with Crippen molar-refractivity contribution in [1.29, 1.82) is 0 Å². The van der Waals surface area contributed by atoms with Gasteiger partial charge >= 0.3 is 0 Å². The molecule has 5 heteroatoms. The van der Waals surface area contributed by atoms with Crippen LogP contribution in [0.3, 0.4) is 0 Å². The first-order valence-electron chi connectivity index (χ1n) is 11.4. The number of nitrogens with zero attached hydrogens (tertiary/aromatic N) is 3. The van der Waals surface area contributed by atoms with Crippen molar-refractivity contribution in [2.24, 2.45) is 5.92 Å². The molecule has 2 aliphatic heterocycles. The lowest BCUT2D eigenvalue weighted by atomic mass is 9.93. The summed E-state index contributed by atoms with van der Waals surface area (Å²) >= 11 is 0. The van der Waals surface area contributed by atoms with Crippen LogP contribution in [-0.4, -0.2) is 59.5 Å². The molecule has 2 aromatic rings. The summed E-state index contributed by atoms with van der Waals surface area (Å²) in [7, 11) is 0. The second-order valence-corrected chi connectivity index (χ2v) is 8.72. The van der Waals surface area contributed by atoms with Crippen LogP contribution in [-0.2, 0) is 17.8 Å². The first-order chi connectivity index (χ1) is 14.8. The Morgan fingerprint density at radius 2 is 1.80 bits per heavy atom. The number of pyridine rings is 1. The highest BCUT2D eigenvalue weighted by molar-refractivity contribution is 5.78. The fraction of sp³-hybridized carbons (Fsp3) is 0.520. The molecule has 0 saturated carbocycles. The molecule has 1 aromatic carbocycles. The van der Waals surface area contributed by atoms with E-state index in [1.54, 1.807) is 6.20 Å². The Kier molecular flexibility index (Phi) is 7.49. The van der Waals surface area contributed by atoms with Gasteiger partial charge in [-0.05, 0) is 68.9 Å². The third-order valence-electron chi connectivity index (χ3n) is 6.65. The number of rotatable bonds is 7. The van der Waals surface area contributed by atoms with Crippen molar-refractivity contribution >= 4 is 5.91 Å². The van der Waals surface area contributed by atoms with Crippen LogP contribution < -0.4 is 5.32 Å². The van der Waals surface area contributed by atoms with Crippen molar-refractivity contribution in [1.82, 2.24) is 20.1 Å². The number of carbonyl (C=O) groups is 1. The minimum absolute atomic E-state index is 0.117. The molecule has 2 fully saturated rings. The maximum atomic E-state index is 12.7. The molecule has 4 rings (SSSR count). The topological polar surface area (TPSA) is 48.5 Å². The van der Waals surface area contributed by atoms with Crippen LogP contribution in [0.4, 0.5) is 0 Å². The van der Waals surface area contributed by atoms with Gasteiger partial charge in [-0.25, -0.2) is 0 Å². The Morgan fingerprint density at radius 3 is 2.57 bits per heavy atom.